The van der Waals surface area contributed by atoms with Gasteiger partial charge in [-0.3, -0.25) is 4.90 Å². The second-order valence-electron chi connectivity index (χ2n) is 6.00. The summed E-state index contributed by atoms with van der Waals surface area (Å²) in [5, 5.41) is 3.69. The first-order chi connectivity index (χ1) is 8.20. The van der Waals surface area contributed by atoms with E-state index in [1.807, 2.05) is 0 Å². The normalized spacial score (nSPS) is 28.6. The molecule has 2 fully saturated rings. The smallest absolute Gasteiger partial charge is 0.0218 e. The van der Waals surface area contributed by atoms with Gasteiger partial charge in [0.15, 0.2) is 0 Å². The number of hydrogen-bond donors (Lipinski definition) is 1. The molecular formula is C14H29N3. The van der Waals surface area contributed by atoms with Gasteiger partial charge >= 0.3 is 0 Å². The highest BCUT2D eigenvalue weighted by molar-refractivity contribution is 4.86. The summed E-state index contributed by atoms with van der Waals surface area (Å²) in [6, 6.07) is 2.36. The molecule has 0 aromatic rings. The lowest BCUT2D eigenvalue weighted by molar-refractivity contribution is 0.0929. The van der Waals surface area contributed by atoms with Crippen LogP contribution >= 0.6 is 0 Å². The van der Waals surface area contributed by atoms with Crippen molar-refractivity contribution in [3.63, 3.8) is 0 Å². The Hall–Kier alpha value is -0.120. The Kier molecular flexibility index (Phi) is 4.83. The first-order valence-corrected chi connectivity index (χ1v) is 7.34. The second kappa shape index (κ2) is 6.17. The fraction of sp³-hybridized carbons (Fsp3) is 1.00. The van der Waals surface area contributed by atoms with E-state index < -0.39 is 0 Å². The molecule has 17 heavy (non-hydrogen) atoms. The molecule has 0 aromatic carbocycles. The molecule has 0 amide bonds. The van der Waals surface area contributed by atoms with E-state index in [0.717, 1.165) is 18.1 Å². The van der Waals surface area contributed by atoms with Gasteiger partial charge in [-0.25, -0.2) is 0 Å². The molecule has 1 N–H and O–H groups in total. The lowest BCUT2D eigenvalue weighted by atomic mass is 10.0. The zero-order valence-electron chi connectivity index (χ0n) is 11.8. The van der Waals surface area contributed by atoms with Gasteiger partial charge in [0.25, 0.3) is 0 Å². The minimum atomic E-state index is 0.748. The molecule has 100 valence electrons. The van der Waals surface area contributed by atoms with E-state index >= 15 is 0 Å². The van der Waals surface area contributed by atoms with E-state index in [1.165, 1.54) is 51.7 Å². The third-order valence-corrected chi connectivity index (χ3v) is 4.37. The Morgan fingerprint density at radius 3 is 2.65 bits per heavy atom. The first-order valence-electron chi connectivity index (χ1n) is 7.34. The number of likely N-dealkylation sites (tertiary alicyclic amines) is 1. The Balaban J connectivity index is 1.79. The van der Waals surface area contributed by atoms with Crippen molar-refractivity contribution in [1.82, 2.24) is 15.1 Å². The van der Waals surface area contributed by atoms with Crippen LogP contribution in [0.4, 0.5) is 0 Å². The lowest BCUT2D eigenvalue weighted by Crippen LogP contribution is -2.51. The van der Waals surface area contributed by atoms with Gasteiger partial charge in [-0.2, -0.15) is 0 Å². The Bertz CT molecular complexity index is 226. The molecule has 1 heterocycles. The molecule has 1 aliphatic carbocycles. The summed E-state index contributed by atoms with van der Waals surface area (Å²) >= 11 is 0. The van der Waals surface area contributed by atoms with Gasteiger partial charge in [0.2, 0.25) is 0 Å². The zero-order valence-corrected chi connectivity index (χ0v) is 11.8. The molecule has 1 saturated carbocycles. The van der Waals surface area contributed by atoms with Crippen molar-refractivity contribution < 1.29 is 0 Å². The average molecular weight is 239 g/mol. The summed E-state index contributed by atoms with van der Waals surface area (Å²) in [5.41, 5.74) is 0. The minimum Gasteiger partial charge on any atom is -0.312 e. The molecule has 2 atom stereocenters. The molecule has 0 spiro atoms. The molecular weight excluding hydrogens is 210 g/mol. The average Bonchev–Trinajstić information content (AvgIpc) is 3.14. The van der Waals surface area contributed by atoms with Gasteiger partial charge in [0.1, 0.15) is 0 Å². The lowest BCUT2D eigenvalue weighted by Gasteiger charge is -2.40. The maximum atomic E-state index is 3.69. The largest absolute Gasteiger partial charge is 0.312 e. The Morgan fingerprint density at radius 2 is 2.06 bits per heavy atom. The van der Waals surface area contributed by atoms with Crippen molar-refractivity contribution in [2.75, 3.05) is 33.7 Å². The van der Waals surface area contributed by atoms with Crippen LogP contribution in [0.1, 0.15) is 39.0 Å². The predicted octanol–water partition coefficient (Wildman–Crippen LogP) is 1.54. The van der Waals surface area contributed by atoms with E-state index in [9.17, 15) is 0 Å². The number of rotatable bonds is 6. The summed E-state index contributed by atoms with van der Waals surface area (Å²) in [7, 11) is 4.44. The summed E-state index contributed by atoms with van der Waals surface area (Å²) in [6.07, 6.45) is 6.81. The standard InChI is InChI=1S/C14H29N3/c1-4-13(10-15-12-7-8-12)17-9-5-6-14(11-17)16(2)3/h12-15H,4-11H2,1-3H3. The number of likely N-dealkylation sites (N-methyl/N-ethyl adjacent to an activating group) is 1. The van der Waals surface area contributed by atoms with Crippen molar-refractivity contribution in [2.45, 2.75) is 57.2 Å². The highest BCUT2D eigenvalue weighted by atomic mass is 15.2. The van der Waals surface area contributed by atoms with Gasteiger partial charge in [0, 0.05) is 31.2 Å². The van der Waals surface area contributed by atoms with Crippen LogP contribution in [0.3, 0.4) is 0 Å². The number of nitrogens with zero attached hydrogens (tertiary/aromatic N) is 2. The molecule has 0 radical (unpaired) electrons. The Labute approximate surface area is 107 Å². The van der Waals surface area contributed by atoms with Crippen LogP contribution < -0.4 is 5.32 Å². The predicted molar refractivity (Wildman–Crippen MR) is 73.4 cm³/mol. The number of piperidine rings is 1. The number of nitrogens with one attached hydrogen (secondary N) is 1. The third kappa shape index (κ3) is 3.94. The molecule has 0 aromatic heterocycles. The first kappa shape index (κ1) is 13.3. The van der Waals surface area contributed by atoms with Gasteiger partial charge in [-0.15, -0.1) is 0 Å². The van der Waals surface area contributed by atoms with Crippen molar-refractivity contribution in [3.05, 3.63) is 0 Å². The molecule has 2 unspecified atom stereocenters. The molecule has 1 saturated heterocycles. The maximum Gasteiger partial charge on any atom is 0.0218 e. The van der Waals surface area contributed by atoms with Crippen molar-refractivity contribution in [2.24, 2.45) is 0 Å². The van der Waals surface area contributed by atoms with Crippen LogP contribution in [0.5, 0.6) is 0 Å². The maximum absolute atomic E-state index is 3.69. The fourth-order valence-corrected chi connectivity index (χ4v) is 2.86. The van der Waals surface area contributed by atoms with E-state index in [2.05, 4.69) is 36.1 Å². The van der Waals surface area contributed by atoms with Crippen LogP contribution in [0.25, 0.3) is 0 Å². The van der Waals surface area contributed by atoms with Crippen molar-refractivity contribution >= 4 is 0 Å². The fourth-order valence-electron chi connectivity index (χ4n) is 2.86. The van der Waals surface area contributed by atoms with Gasteiger partial charge in [-0.1, -0.05) is 6.92 Å². The van der Waals surface area contributed by atoms with Gasteiger partial charge in [0.05, 0.1) is 0 Å². The monoisotopic (exact) mass is 239 g/mol. The molecule has 1 aliphatic heterocycles. The SMILES string of the molecule is CCC(CNC1CC1)N1CCCC(N(C)C)C1. The summed E-state index contributed by atoms with van der Waals surface area (Å²) < 4.78 is 0. The Morgan fingerprint density at radius 1 is 1.29 bits per heavy atom. The van der Waals surface area contributed by atoms with Crippen molar-refractivity contribution in [3.8, 4) is 0 Å². The quantitative estimate of drug-likeness (QED) is 0.758. The van der Waals surface area contributed by atoms with E-state index in [0.29, 0.717) is 0 Å². The molecule has 2 aliphatic rings. The third-order valence-electron chi connectivity index (χ3n) is 4.37. The molecule has 0 bridgehead atoms. The zero-order chi connectivity index (χ0) is 12.3. The second-order valence-corrected chi connectivity index (χ2v) is 6.00. The van der Waals surface area contributed by atoms with E-state index in [4.69, 9.17) is 0 Å². The van der Waals surface area contributed by atoms with E-state index in [1.54, 1.807) is 0 Å². The summed E-state index contributed by atoms with van der Waals surface area (Å²) in [5.74, 6) is 0. The minimum absolute atomic E-state index is 0.748. The van der Waals surface area contributed by atoms with Crippen LogP contribution in [0, 0.1) is 0 Å². The van der Waals surface area contributed by atoms with Crippen LogP contribution in [0.2, 0.25) is 0 Å². The molecule has 3 heteroatoms. The highest BCUT2D eigenvalue weighted by Crippen LogP contribution is 2.21. The van der Waals surface area contributed by atoms with E-state index in [-0.39, 0.29) is 0 Å². The summed E-state index contributed by atoms with van der Waals surface area (Å²) in [4.78, 5) is 5.11. The number of hydrogen-bond acceptors (Lipinski definition) is 3. The molecule has 3 nitrogen and oxygen atoms in total. The van der Waals surface area contributed by atoms with Gasteiger partial charge < -0.3 is 10.2 Å². The van der Waals surface area contributed by atoms with Crippen molar-refractivity contribution in [1.29, 1.82) is 0 Å². The van der Waals surface area contributed by atoms with Gasteiger partial charge in [-0.05, 0) is 52.7 Å². The van der Waals surface area contributed by atoms with Crippen LogP contribution in [-0.2, 0) is 0 Å². The van der Waals surface area contributed by atoms with Crippen LogP contribution in [0.15, 0.2) is 0 Å². The molecule has 2 rings (SSSR count). The topological polar surface area (TPSA) is 18.5 Å². The van der Waals surface area contributed by atoms with Crippen LogP contribution in [-0.4, -0.2) is 61.7 Å². The highest BCUT2D eigenvalue weighted by Gasteiger charge is 2.27. The summed E-state index contributed by atoms with van der Waals surface area (Å²) in [6.45, 7) is 6.09.